The van der Waals surface area contributed by atoms with E-state index < -0.39 is 18.1 Å². The van der Waals surface area contributed by atoms with Crippen LogP contribution in [0.3, 0.4) is 0 Å². The van der Waals surface area contributed by atoms with Crippen LogP contribution in [0.1, 0.15) is 39.0 Å². The largest absolute Gasteiger partial charge is 0.481 e. The van der Waals surface area contributed by atoms with Crippen LogP contribution in [0.15, 0.2) is 0 Å². The fourth-order valence-corrected chi connectivity index (χ4v) is 3.09. The fraction of sp³-hybridized carbons (Fsp3) is 0.800. The molecule has 7 heteroatoms. The molecule has 1 saturated carbocycles. The van der Waals surface area contributed by atoms with Gasteiger partial charge in [0.2, 0.25) is 11.8 Å². The number of carboxylic acids is 1. The van der Waals surface area contributed by atoms with Gasteiger partial charge in [0, 0.05) is 19.0 Å². The van der Waals surface area contributed by atoms with Gasteiger partial charge in [-0.15, -0.1) is 0 Å². The predicted molar refractivity (Wildman–Crippen MR) is 78.1 cm³/mol. The summed E-state index contributed by atoms with van der Waals surface area (Å²) in [6, 6.07) is -0.586. The number of carbonyl (C=O) groups is 3. The number of carboxylic acid groups (broad SMARTS) is 1. The summed E-state index contributed by atoms with van der Waals surface area (Å²) in [4.78, 5) is 36.8. The van der Waals surface area contributed by atoms with Gasteiger partial charge in [0.25, 0.3) is 0 Å². The monoisotopic (exact) mass is 312 g/mol. The molecule has 2 rings (SSSR count). The number of nitrogens with zero attached hydrogens (tertiary/aromatic N) is 1. The Kier molecular flexibility index (Phi) is 5.76. The number of ether oxygens (including phenoxy) is 1. The molecule has 7 nitrogen and oxygen atoms in total. The molecule has 0 aromatic rings. The van der Waals surface area contributed by atoms with Crippen molar-refractivity contribution in [3.8, 4) is 0 Å². The van der Waals surface area contributed by atoms with Crippen molar-refractivity contribution >= 4 is 17.8 Å². The first-order valence-electron chi connectivity index (χ1n) is 7.90. The van der Waals surface area contributed by atoms with Crippen LogP contribution in [0.25, 0.3) is 0 Å². The zero-order valence-corrected chi connectivity index (χ0v) is 12.9. The van der Waals surface area contributed by atoms with E-state index in [1.807, 2.05) is 0 Å². The van der Waals surface area contributed by atoms with Crippen LogP contribution >= 0.6 is 0 Å². The van der Waals surface area contributed by atoms with Gasteiger partial charge in [0.15, 0.2) is 0 Å². The molecule has 2 fully saturated rings. The van der Waals surface area contributed by atoms with Crippen LogP contribution in [-0.4, -0.2) is 59.6 Å². The van der Waals surface area contributed by atoms with E-state index in [-0.39, 0.29) is 30.7 Å². The molecule has 22 heavy (non-hydrogen) atoms. The van der Waals surface area contributed by atoms with Crippen LogP contribution in [0.4, 0.5) is 0 Å². The van der Waals surface area contributed by atoms with E-state index in [1.54, 1.807) is 11.8 Å². The highest BCUT2D eigenvalue weighted by molar-refractivity contribution is 5.88. The molecule has 2 atom stereocenters. The third-order valence-electron chi connectivity index (χ3n) is 4.31. The van der Waals surface area contributed by atoms with Gasteiger partial charge in [-0.3, -0.25) is 14.4 Å². The topological polar surface area (TPSA) is 95.9 Å². The standard InChI is InChI=1S/C15H24N2O5/c1-10(16-14(20)11-4-2-3-5-11)15(21)17-6-7-22-12(9-17)8-13(18)19/h10-12H,2-9H2,1H3,(H,16,20)(H,18,19). The molecular weight excluding hydrogens is 288 g/mol. The van der Waals surface area contributed by atoms with Crippen molar-refractivity contribution in [2.75, 3.05) is 19.7 Å². The van der Waals surface area contributed by atoms with Gasteiger partial charge in [0.1, 0.15) is 6.04 Å². The minimum Gasteiger partial charge on any atom is -0.481 e. The smallest absolute Gasteiger partial charge is 0.306 e. The molecule has 2 N–H and O–H groups in total. The van der Waals surface area contributed by atoms with E-state index in [9.17, 15) is 14.4 Å². The van der Waals surface area contributed by atoms with E-state index in [0.29, 0.717) is 13.2 Å². The number of rotatable bonds is 5. The molecule has 1 saturated heterocycles. The van der Waals surface area contributed by atoms with Gasteiger partial charge in [-0.1, -0.05) is 12.8 Å². The molecule has 2 unspecified atom stereocenters. The second-order valence-electron chi connectivity index (χ2n) is 6.09. The van der Waals surface area contributed by atoms with Gasteiger partial charge >= 0.3 is 5.97 Å². The summed E-state index contributed by atoms with van der Waals surface area (Å²) >= 11 is 0. The molecule has 0 spiro atoms. The van der Waals surface area contributed by atoms with Crippen molar-refractivity contribution in [2.24, 2.45) is 5.92 Å². The summed E-state index contributed by atoms with van der Waals surface area (Å²) in [5.41, 5.74) is 0. The Morgan fingerprint density at radius 1 is 1.32 bits per heavy atom. The van der Waals surface area contributed by atoms with Crippen molar-refractivity contribution < 1.29 is 24.2 Å². The molecule has 0 aromatic carbocycles. The molecule has 124 valence electrons. The van der Waals surface area contributed by atoms with Crippen molar-refractivity contribution in [1.29, 1.82) is 0 Å². The molecule has 0 bridgehead atoms. The number of carbonyl (C=O) groups excluding carboxylic acids is 2. The number of hydrogen-bond acceptors (Lipinski definition) is 4. The molecule has 2 aliphatic rings. The van der Waals surface area contributed by atoms with E-state index in [0.717, 1.165) is 25.7 Å². The Morgan fingerprint density at radius 3 is 2.64 bits per heavy atom. The predicted octanol–water partition coefficient (Wildman–Crippen LogP) is 0.383. The minimum absolute atomic E-state index is 0.0275. The first-order chi connectivity index (χ1) is 10.5. The first-order valence-corrected chi connectivity index (χ1v) is 7.90. The fourth-order valence-electron chi connectivity index (χ4n) is 3.09. The van der Waals surface area contributed by atoms with Crippen LogP contribution in [0, 0.1) is 5.92 Å². The van der Waals surface area contributed by atoms with Crippen LogP contribution in [-0.2, 0) is 19.1 Å². The SMILES string of the molecule is CC(NC(=O)C1CCCC1)C(=O)N1CCOC(CC(=O)O)C1. The summed E-state index contributed by atoms with van der Waals surface area (Å²) in [6.07, 6.45) is 3.33. The molecule has 1 aliphatic heterocycles. The normalized spacial score (nSPS) is 24.0. The van der Waals surface area contributed by atoms with Crippen molar-refractivity contribution in [2.45, 2.75) is 51.2 Å². The average molecular weight is 312 g/mol. The highest BCUT2D eigenvalue weighted by Gasteiger charge is 2.31. The molecule has 0 aromatic heterocycles. The van der Waals surface area contributed by atoms with Gasteiger partial charge in [0.05, 0.1) is 19.1 Å². The molecular formula is C15H24N2O5. The van der Waals surface area contributed by atoms with E-state index in [2.05, 4.69) is 5.32 Å². The zero-order valence-electron chi connectivity index (χ0n) is 12.9. The number of morpholine rings is 1. The highest BCUT2D eigenvalue weighted by Crippen LogP contribution is 2.24. The molecule has 1 heterocycles. The van der Waals surface area contributed by atoms with E-state index in [4.69, 9.17) is 9.84 Å². The van der Waals surface area contributed by atoms with Gasteiger partial charge in [-0.2, -0.15) is 0 Å². The summed E-state index contributed by atoms with van der Waals surface area (Å²) < 4.78 is 5.35. The van der Waals surface area contributed by atoms with Crippen LogP contribution in [0.5, 0.6) is 0 Å². The molecule has 2 amide bonds. The second-order valence-corrected chi connectivity index (χ2v) is 6.09. The second kappa shape index (κ2) is 7.58. The first kappa shape index (κ1) is 16.7. The van der Waals surface area contributed by atoms with Gasteiger partial charge in [-0.25, -0.2) is 0 Å². The van der Waals surface area contributed by atoms with E-state index in [1.165, 1.54) is 0 Å². The Hall–Kier alpha value is -1.63. The number of aliphatic carboxylic acids is 1. The molecule has 1 aliphatic carbocycles. The third-order valence-corrected chi connectivity index (χ3v) is 4.31. The van der Waals surface area contributed by atoms with Crippen molar-refractivity contribution in [1.82, 2.24) is 10.2 Å². The van der Waals surface area contributed by atoms with Crippen molar-refractivity contribution in [3.05, 3.63) is 0 Å². The summed E-state index contributed by atoms with van der Waals surface area (Å²) in [5, 5.41) is 11.6. The quantitative estimate of drug-likeness (QED) is 0.765. The lowest BCUT2D eigenvalue weighted by molar-refractivity contribution is -0.149. The number of hydrogen-bond donors (Lipinski definition) is 2. The van der Waals surface area contributed by atoms with Crippen LogP contribution in [0.2, 0.25) is 0 Å². The summed E-state index contributed by atoms with van der Waals surface area (Å²) in [7, 11) is 0. The Labute approximate surface area is 130 Å². The summed E-state index contributed by atoms with van der Waals surface area (Å²) in [6.45, 7) is 2.69. The maximum absolute atomic E-state index is 12.4. The average Bonchev–Trinajstić information content (AvgIpc) is 3.00. The number of nitrogens with one attached hydrogen (secondary N) is 1. The zero-order chi connectivity index (χ0) is 16.1. The Balaban J connectivity index is 1.83. The minimum atomic E-state index is -0.943. The Morgan fingerprint density at radius 2 is 2.00 bits per heavy atom. The third kappa shape index (κ3) is 4.43. The Bertz CT molecular complexity index is 434. The lowest BCUT2D eigenvalue weighted by atomic mass is 10.1. The maximum Gasteiger partial charge on any atom is 0.306 e. The van der Waals surface area contributed by atoms with Gasteiger partial charge in [-0.05, 0) is 19.8 Å². The lowest BCUT2D eigenvalue weighted by Crippen LogP contribution is -2.53. The van der Waals surface area contributed by atoms with Crippen molar-refractivity contribution in [3.63, 3.8) is 0 Å². The van der Waals surface area contributed by atoms with E-state index >= 15 is 0 Å². The number of amides is 2. The maximum atomic E-state index is 12.4. The van der Waals surface area contributed by atoms with Crippen LogP contribution < -0.4 is 5.32 Å². The highest BCUT2D eigenvalue weighted by atomic mass is 16.5. The lowest BCUT2D eigenvalue weighted by Gasteiger charge is -2.34. The summed E-state index contributed by atoms with van der Waals surface area (Å²) in [5.74, 6) is -1.14. The molecule has 0 radical (unpaired) electrons. The van der Waals surface area contributed by atoms with Gasteiger partial charge < -0.3 is 20.1 Å².